The first-order chi connectivity index (χ1) is 24.0. The van der Waals surface area contributed by atoms with Gasteiger partial charge < -0.3 is 24.8 Å². The molecule has 0 spiro atoms. The maximum atomic E-state index is 2.61. The van der Waals surface area contributed by atoms with Gasteiger partial charge in [-0.1, -0.05) is 0 Å². The number of halogens is 2. The molecular weight excluding hydrogens is 751 g/mol. The van der Waals surface area contributed by atoms with Crippen LogP contribution in [-0.2, 0) is 48.4 Å². The number of rotatable bonds is 5. The Morgan fingerprint density at radius 1 is 0.615 bits per heavy atom. The second-order valence-corrected chi connectivity index (χ2v) is 17.5. The van der Waals surface area contributed by atoms with E-state index in [0.717, 1.165) is 19.3 Å². The van der Waals surface area contributed by atoms with Gasteiger partial charge in [-0.05, 0) is 0 Å². The molecule has 0 saturated carbocycles. The van der Waals surface area contributed by atoms with Crippen molar-refractivity contribution < 1.29 is 49.5 Å². The summed E-state index contributed by atoms with van der Waals surface area (Å²) >= 11 is 1.48. The quantitative estimate of drug-likeness (QED) is 0.224. The summed E-state index contributed by atoms with van der Waals surface area (Å²) in [5.41, 5.74) is 14.4. The minimum atomic E-state index is -0.0758. The van der Waals surface area contributed by atoms with Crippen LogP contribution in [-0.4, -0.2) is 0 Å². The molecule has 0 saturated heterocycles. The van der Waals surface area contributed by atoms with Crippen molar-refractivity contribution in [1.29, 1.82) is 0 Å². The summed E-state index contributed by atoms with van der Waals surface area (Å²) in [7, 11) is 0. The Balaban J connectivity index is 0.00000232. The summed E-state index contributed by atoms with van der Waals surface area (Å²) in [4.78, 5) is 0. The maximum absolute atomic E-state index is 2.61. The Labute approximate surface area is 337 Å². The molecule has 0 aromatic heterocycles. The van der Waals surface area contributed by atoms with E-state index in [1.54, 1.807) is 0 Å². The molecule has 0 amide bonds. The molecule has 0 heterocycles. The molecule has 52 heavy (non-hydrogen) atoms. The fourth-order valence-corrected chi connectivity index (χ4v) is 9.51. The molecule has 259 valence electrons. The molecule has 0 aliphatic heterocycles. The largest absolute Gasteiger partial charge is 1.00 e. The molecule has 0 fully saturated rings. The van der Waals surface area contributed by atoms with Crippen LogP contribution in [0.2, 0.25) is 0 Å². The van der Waals surface area contributed by atoms with Gasteiger partial charge in [0.25, 0.3) is 0 Å². The van der Waals surface area contributed by atoms with Crippen LogP contribution in [0.15, 0.2) is 127 Å². The van der Waals surface area contributed by atoms with Crippen molar-refractivity contribution in [1.82, 2.24) is 0 Å². The molecule has 0 unspecified atom stereocenters. The van der Waals surface area contributed by atoms with E-state index in [-0.39, 0.29) is 35.6 Å². The Hall–Kier alpha value is -3.48. The van der Waals surface area contributed by atoms with E-state index in [0.29, 0.717) is 0 Å². The zero-order chi connectivity index (χ0) is 34.8. The second kappa shape index (κ2) is 14.7. The Morgan fingerprint density at radius 3 is 1.73 bits per heavy atom. The third-order valence-corrected chi connectivity index (χ3v) is 12.1. The van der Waals surface area contributed by atoms with Crippen LogP contribution in [0.5, 0.6) is 0 Å². The number of hydrogen-bond donors (Lipinski definition) is 0. The maximum Gasteiger partial charge on any atom is -1.00 e. The van der Waals surface area contributed by atoms with Crippen molar-refractivity contribution in [3.05, 3.63) is 171 Å². The zero-order valence-electron chi connectivity index (χ0n) is 31.0. The van der Waals surface area contributed by atoms with Gasteiger partial charge >= 0.3 is 315 Å². The molecule has 0 nitrogen and oxygen atoms in total. The predicted molar refractivity (Wildman–Crippen MR) is 211 cm³/mol. The fraction of sp³-hybridized carbons (Fsp3) is 0.224. The first-order valence-corrected chi connectivity index (χ1v) is 19.3. The molecule has 6 aromatic rings. The van der Waals surface area contributed by atoms with Crippen molar-refractivity contribution >= 4 is 36.0 Å². The third-order valence-electron chi connectivity index (χ3n) is 10.8. The van der Waals surface area contributed by atoms with Gasteiger partial charge in [-0.3, -0.25) is 0 Å². The SMILES string of the molecule is CC(C)(C)c1ccc2c(c1)[C]([Zr+2])=c1c-2cc(=C(Cc2cccc3ccccc23)Cc2cccc3ccccc23)c(C(C)(C)C)c1C1=CC=CC1.[Cl-].[Cl-]. The van der Waals surface area contributed by atoms with Gasteiger partial charge in [-0.2, -0.15) is 0 Å². The minimum absolute atomic E-state index is 0. The van der Waals surface area contributed by atoms with Crippen LogP contribution in [0.25, 0.3) is 47.1 Å². The Kier molecular flexibility index (Phi) is 10.8. The first kappa shape index (κ1) is 38.3. The van der Waals surface area contributed by atoms with Crippen molar-refractivity contribution in [3.8, 4) is 11.1 Å². The molecular formula is C49H45Cl2Zr. The van der Waals surface area contributed by atoms with E-state index >= 15 is 0 Å². The summed E-state index contributed by atoms with van der Waals surface area (Å²) in [6.45, 7) is 14.3. The summed E-state index contributed by atoms with van der Waals surface area (Å²) < 4.78 is 1.50. The average Bonchev–Trinajstić information content (AvgIpc) is 3.73. The summed E-state index contributed by atoms with van der Waals surface area (Å²) in [5.74, 6) is 0. The topological polar surface area (TPSA) is 0 Å². The van der Waals surface area contributed by atoms with E-state index in [2.05, 4.69) is 169 Å². The van der Waals surface area contributed by atoms with Gasteiger partial charge in [0.2, 0.25) is 0 Å². The number of fused-ring (bicyclic) bond motifs is 5. The van der Waals surface area contributed by atoms with Gasteiger partial charge in [0.05, 0.1) is 0 Å². The minimum Gasteiger partial charge on any atom is -1.00 e. The predicted octanol–water partition coefficient (Wildman–Crippen LogP) is 5.26. The molecule has 0 atom stereocenters. The summed E-state index contributed by atoms with van der Waals surface area (Å²) in [6, 6.07) is 41.4. The van der Waals surface area contributed by atoms with Crippen molar-refractivity contribution in [2.75, 3.05) is 0 Å². The zero-order valence-corrected chi connectivity index (χ0v) is 35.0. The van der Waals surface area contributed by atoms with Crippen LogP contribution in [0.4, 0.5) is 0 Å². The van der Waals surface area contributed by atoms with Crippen LogP contribution in [0, 0.1) is 0 Å². The van der Waals surface area contributed by atoms with E-state index in [9.17, 15) is 0 Å². The van der Waals surface area contributed by atoms with E-state index in [1.165, 1.54) is 116 Å². The van der Waals surface area contributed by atoms with Crippen LogP contribution in [0.3, 0.4) is 0 Å². The van der Waals surface area contributed by atoms with E-state index in [1.807, 2.05) is 0 Å². The smallest absolute Gasteiger partial charge is 1.00 e. The van der Waals surface area contributed by atoms with Crippen LogP contribution in [0.1, 0.15) is 81.3 Å². The van der Waals surface area contributed by atoms with Crippen molar-refractivity contribution in [3.63, 3.8) is 0 Å². The Bertz CT molecular complexity index is 2440. The van der Waals surface area contributed by atoms with Gasteiger partial charge in [0, 0.05) is 0 Å². The summed E-state index contributed by atoms with van der Waals surface area (Å²) in [6.07, 6.45) is 9.76. The van der Waals surface area contributed by atoms with Crippen LogP contribution >= 0.6 is 0 Å². The molecule has 0 N–H and O–H groups in total. The molecule has 3 heteroatoms. The molecule has 8 rings (SSSR count). The normalized spacial score (nSPS) is 13.5. The van der Waals surface area contributed by atoms with Gasteiger partial charge in [-0.25, -0.2) is 0 Å². The number of benzene rings is 6. The van der Waals surface area contributed by atoms with E-state index in [4.69, 9.17) is 0 Å². The molecule has 0 radical (unpaired) electrons. The number of allylic oxidation sites excluding steroid dienone is 4. The van der Waals surface area contributed by atoms with Gasteiger partial charge in [0.1, 0.15) is 0 Å². The van der Waals surface area contributed by atoms with Crippen LogP contribution < -0.4 is 35.3 Å². The van der Waals surface area contributed by atoms with E-state index < -0.39 is 0 Å². The monoisotopic (exact) mass is 793 g/mol. The van der Waals surface area contributed by atoms with Crippen molar-refractivity contribution in [2.45, 2.75) is 71.6 Å². The second-order valence-electron chi connectivity index (χ2n) is 16.3. The fourth-order valence-electron chi connectivity index (χ4n) is 8.36. The standard InChI is InChI=1S/C49H45.2ClH.Zr/c1-48(2,3)39-25-26-42-38(29-39)30-45-44(42)31-43(47(49(4,5)6)46(45)34-17-7-8-18-34)37(27-35-21-13-19-32-15-9-11-23-40(32)35)28-36-22-14-20-33-16-10-12-24-41(33)36;;;/h7-17,19-26,29,31H,18,27-28H2,1-6H3;2*1H;/q;;;+2/p-2. The molecule has 2 aliphatic rings. The molecule has 6 aromatic carbocycles. The van der Waals surface area contributed by atoms with Gasteiger partial charge in [0.15, 0.2) is 0 Å². The Morgan fingerprint density at radius 2 is 1.19 bits per heavy atom. The summed E-state index contributed by atoms with van der Waals surface area (Å²) in [5, 5.41) is 8.21. The van der Waals surface area contributed by atoms with Gasteiger partial charge in [-0.15, -0.1) is 0 Å². The first-order valence-electron chi connectivity index (χ1n) is 18.1. The third kappa shape index (κ3) is 6.86. The molecule has 2 aliphatic carbocycles. The average molecular weight is 796 g/mol. The molecule has 0 bridgehead atoms. The van der Waals surface area contributed by atoms with Crippen molar-refractivity contribution in [2.24, 2.45) is 0 Å². The number of hydrogen-bond acceptors (Lipinski definition) is 0.